The summed E-state index contributed by atoms with van der Waals surface area (Å²) in [6.07, 6.45) is 0. The van der Waals surface area contributed by atoms with Gasteiger partial charge < -0.3 is 19.8 Å². The Morgan fingerprint density at radius 1 is 0.968 bits per heavy atom. The van der Waals surface area contributed by atoms with E-state index in [4.69, 9.17) is 0 Å². The number of nitrogens with zero attached hydrogens (tertiary/aromatic N) is 2. The highest BCUT2D eigenvalue weighted by molar-refractivity contribution is 6.07. The van der Waals surface area contributed by atoms with Crippen LogP contribution in [0.3, 0.4) is 0 Å². The van der Waals surface area contributed by atoms with E-state index in [0.717, 1.165) is 0 Å². The van der Waals surface area contributed by atoms with E-state index in [1.54, 1.807) is 48.5 Å². The van der Waals surface area contributed by atoms with Gasteiger partial charge in [0.1, 0.15) is 22.6 Å². The molecule has 156 valence electrons. The van der Waals surface area contributed by atoms with Crippen LogP contribution in [-0.2, 0) is 7.05 Å². The summed E-state index contributed by atoms with van der Waals surface area (Å²) in [5.74, 6) is -1.69. The molecule has 2 aromatic carbocycles. The van der Waals surface area contributed by atoms with Crippen LogP contribution in [0.1, 0.15) is 22.8 Å². The highest BCUT2D eigenvalue weighted by Gasteiger charge is 2.21. The monoisotopic (exact) mass is 418 g/mol. The average Bonchev–Trinajstić information content (AvgIpc) is 2.76. The number of aromatic amines is 1. The number of rotatable bonds is 3. The number of aromatic nitrogens is 2. The van der Waals surface area contributed by atoms with Crippen molar-refractivity contribution in [2.75, 3.05) is 0 Å². The first-order valence-electron chi connectivity index (χ1n) is 9.31. The molecule has 1 amide bonds. The zero-order chi connectivity index (χ0) is 22.3. The predicted molar refractivity (Wildman–Crippen MR) is 117 cm³/mol. The minimum absolute atomic E-state index is 0.0231. The topological polar surface area (TPSA) is 137 Å². The number of amides is 1. The Hall–Kier alpha value is -4.40. The van der Waals surface area contributed by atoms with Gasteiger partial charge in [-0.05, 0) is 31.2 Å². The summed E-state index contributed by atoms with van der Waals surface area (Å²) in [5, 5.41) is 25.6. The molecular formula is C22H18N4O5. The second kappa shape index (κ2) is 7.45. The Morgan fingerprint density at radius 3 is 2.32 bits per heavy atom. The van der Waals surface area contributed by atoms with E-state index in [9.17, 15) is 24.6 Å². The fraction of sp³-hybridized carbons (Fsp3) is 0.0909. The number of carbonyl (C=O) groups excluding carboxylic acids is 1. The average molecular weight is 418 g/mol. The molecule has 4 rings (SSSR count). The van der Waals surface area contributed by atoms with Gasteiger partial charge in [0, 0.05) is 17.8 Å². The second-order valence-electron chi connectivity index (χ2n) is 6.97. The number of H-pyrrole nitrogens is 1. The van der Waals surface area contributed by atoms with Crippen molar-refractivity contribution >= 4 is 33.4 Å². The van der Waals surface area contributed by atoms with Crippen molar-refractivity contribution < 1.29 is 15.0 Å². The molecule has 0 unspecified atom stereocenters. The fourth-order valence-corrected chi connectivity index (χ4v) is 3.49. The molecule has 2 aromatic heterocycles. The van der Waals surface area contributed by atoms with Crippen molar-refractivity contribution in [3.05, 3.63) is 80.4 Å². The number of nitrogens with one attached hydrogen (secondary N) is 2. The van der Waals surface area contributed by atoms with E-state index in [1.165, 1.54) is 18.5 Å². The van der Waals surface area contributed by atoms with Crippen molar-refractivity contribution in [1.82, 2.24) is 15.0 Å². The molecule has 0 radical (unpaired) electrons. The molecule has 0 aliphatic heterocycles. The van der Waals surface area contributed by atoms with E-state index >= 15 is 0 Å². The first-order chi connectivity index (χ1) is 14.8. The zero-order valence-corrected chi connectivity index (χ0v) is 16.6. The van der Waals surface area contributed by atoms with Gasteiger partial charge in [0.05, 0.1) is 16.7 Å². The van der Waals surface area contributed by atoms with Crippen LogP contribution >= 0.6 is 0 Å². The van der Waals surface area contributed by atoms with E-state index in [-0.39, 0.29) is 17.0 Å². The first kappa shape index (κ1) is 19.9. The largest absolute Gasteiger partial charge is 0.506 e. The Labute approximate surface area is 174 Å². The van der Waals surface area contributed by atoms with E-state index in [1.807, 2.05) is 0 Å². The van der Waals surface area contributed by atoms with Gasteiger partial charge >= 0.3 is 0 Å². The van der Waals surface area contributed by atoms with Crippen LogP contribution in [-0.4, -0.2) is 31.4 Å². The first-order valence-corrected chi connectivity index (χ1v) is 9.31. The number of hydrazone groups is 1. The van der Waals surface area contributed by atoms with Crippen LogP contribution in [0.4, 0.5) is 0 Å². The summed E-state index contributed by atoms with van der Waals surface area (Å²) in [6.45, 7) is 1.43. The normalized spacial score (nSPS) is 11.7. The zero-order valence-electron chi connectivity index (χ0n) is 16.6. The summed E-state index contributed by atoms with van der Waals surface area (Å²) in [4.78, 5) is 40.3. The number of benzene rings is 2. The van der Waals surface area contributed by atoms with Gasteiger partial charge in [0.15, 0.2) is 0 Å². The van der Waals surface area contributed by atoms with Crippen LogP contribution < -0.4 is 16.5 Å². The van der Waals surface area contributed by atoms with Crippen molar-refractivity contribution in [3.63, 3.8) is 0 Å². The molecule has 4 aromatic rings. The maximum atomic E-state index is 12.7. The molecule has 0 atom stereocenters. The number of hydrogen-bond donors (Lipinski definition) is 4. The Morgan fingerprint density at radius 2 is 1.58 bits per heavy atom. The molecule has 0 aliphatic rings. The summed E-state index contributed by atoms with van der Waals surface area (Å²) in [5.41, 5.74) is 1.25. The lowest BCUT2D eigenvalue weighted by molar-refractivity contribution is 0.0950. The van der Waals surface area contributed by atoms with Gasteiger partial charge in [0.2, 0.25) is 0 Å². The molecule has 9 nitrogen and oxygen atoms in total. The third-order valence-corrected chi connectivity index (χ3v) is 5.08. The molecule has 2 heterocycles. The number of carbonyl (C=O) groups is 1. The molecule has 31 heavy (non-hydrogen) atoms. The van der Waals surface area contributed by atoms with Crippen LogP contribution in [0, 0.1) is 0 Å². The molecule has 0 saturated carbocycles. The Balaban J connectivity index is 1.75. The van der Waals surface area contributed by atoms with Crippen LogP contribution in [0.25, 0.3) is 21.8 Å². The molecule has 0 fully saturated rings. The summed E-state index contributed by atoms with van der Waals surface area (Å²) < 4.78 is 1.25. The standard InChI is InChI=1S/C22H18N4O5/c1-11(16-18(27)12-7-3-5-9-14(12)23-20(16)29)24-25-21(30)17-19(28)13-8-4-6-10-15(13)26(2)22(17)31/h3-10,28H,1-2H3,(H,25,30)(H2,23,27,29). The third kappa shape index (κ3) is 3.21. The van der Waals surface area contributed by atoms with Gasteiger partial charge in [-0.25, -0.2) is 5.43 Å². The summed E-state index contributed by atoms with van der Waals surface area (Å²) >= 11 is 0. The van der Waals surface area contributed by atoms with Crippen molar-refractivity contribution in [3.8, 4) is 11.5 Å². The number of aromatic hydroxyl groups is 2. The lowest BCUT2D eigenvalue weighted by atomic mass is 10.1. The molecule has 0 bridgehead atoms. The van der Waals surface area contributed by atoms with Crippen LogP contribution in [0.2, 0.25) is 0 Å². The Kier molecular flexibility index (Phi) is 4.78. The van der Waals surface area contributed by atoms with Gasteiger partial charge in [-0.15, -0.1) is 0 Å². The minimum atomic E-state index is -0.945. The molecule has 0 saturated heterocycles. The maximum Gasteiger partial charge on any atom is 0.280 e. The number of para-hydroxylation sites is 2. The minimum Gasteiger partial charge on any atom is -0.506 e. The molecule has 4 N–H and O–H groups in total. The lowest BCUT2D eigenvalue weighted by Gasteiger charge is -2.11. The third-order valence-electron chi connectivity index (χ3n) is 5.08. The fourth-order valence-electron chi connectivity index (χ4n) is 3.49. The number of pyridine rings is 2. The van der Waals surface area contributed by atoms with Gasteiger partial charge in [-0.2, -0.15) is 5.10 Å². The SMILES string of the molecule is CC(=NNC(=O)c1c(O)c2ccccc2n(C)c1=O)c1c(O)c2ccccc2[nH]c1=O. The quantitative estimate of drug-likeness (QED) is 0.298. The van der Waals surface area contributed by atoms with Gasteiger partial charge in [-0.1, -0.05) is 24.3 Å². The van der Waals surface area contributed by atoms with Crippen LogP contribution in [0.15, 0.2) is 63.2 Å². The Bertz CT molecular complexity index is 1510. The second-order valence-corrected chi connectivity index (χ2v) is 6.97. The van der Waals surface area contributed by atoms with Crippen LogP contribution in [0.5, 0.6) is 11.5 Å². The van der Waals surface area contributed by atoms with E-state index < -0.39 is 28.3 Å². The number of fused-ring (bicyclic) bond motifs is 2. The predicted octanol–water partition coefficient (Wildman–Crippen LogP) is 1.95. The van der Waals surface area contributed by atoms with Crippen molar-refractivity contribution in [2.45, 2.75) is 6.92 Å². The molecule has 0 spiro atoms. The van der Waals surface area contributed by atoms with E-state index in [0.29, 0.717) is 21.8 Å². The van der Waals surface area contributed by atoms with Crippen molar-refractivity contribution in [1.29, 1.82) is 0 Å². The van der Waals surface area contributed by atoms with Gasteiger partial charge in [0.25, 0.3) is 17.0 Å². The maximum absolute atomic E-state index is 12.7. The molecular weight excluding hydrogens is 400 g/mol. The number of aryl methyl sites for hydroxylation is 1. The van der Waals surface area contributed by atoms with Crippen molar-refractivity contribution in [2.24, 2.45) is 12.1 Å². The molecule has 9 heteroatoms. The van der Waals surface area contributed by atoms with E-state index in [2.05, 4.69) is 15.5 Å². The number of hydrogen-bond acceptors (Lipinski definition) is 6. The highest BCUT2D eigenvalue weighted by Crippen LogP contribution is 2.26. The summed E-state index contributed by atoms with van der Waals surface area (Å²) in [7, 11) is 1.49. The highest BCUT2D eigenvalue weighted by atomic mass is 16.3. The van der Waals surface area contributed by atoms with Gasteiger partial charge in [-0.3, -0.25) is 14.4 Å². The smallest absolute Gasteiger partial charge is 0.280 e. The molecule has 0 aliphatic carbocycles. The lowest BCUT2D eigenvalue weighted by Crippen LogP contribution is -2.31. The summed E-state index contributed by atoms with van der Waals surface area (Å²) in [6, 6.07) is 13.3.